The van der Waals surface area contributed by atoms with Gasteiger partial charge in [-0.05, 0) is 35.7 Å². The van der Waals surface area contributed by atoms with Crippen LogP contribution in [0.3, 0.4) is 0 Å². The lowest BCUT2D eigenvalue weighted by Gasteiger charge is -2.36. The Balaban J connectivity index is 1.42. The first kappa shape index (κ1) is 19.0. The molecule has 2 aromatic carbocycles. The highest BCUT2D eigenvalue weighted by Gasteiger charge is 2.25. The van der Waals surface area contributed by atoms with Gasteiger partial charge in [0.15, 0.2) is 0 Å². The molecule has 1 aliphatic heterocycles. The van der Waals surface area contributed by atoms with Crippen LogP contribution >= 0.6 is 23.1 Å². The second kappa shape index (κ2) is 8.80. The Morgan fingerprint density at radius 1 is 0.964 bits per heavy atom. The monoisotopic (exact) mass is 412 g/mol. The molecule has 3 aromatic rings. The third kappa shape index (κ3) is 4.23. The van der Waals surface area contributed by atoms with E-state index in [0.717, 1.165) is 16.2 Å². The van der Waals surface area contributed by atoms with Crippen LogP contribution in [0.2, 0.25) is 0 Å². The summed E-state index contributed by atoms with van der Waals surface area (Å²) >= 11 is 3.43. The number of carbonyl (C=O) groups excluding carboxylic acids is 1. The molecule has 4 rings (SSSR count). The Hall–Kier alpha value is -2.31. The van der Waals surface area contributed by atoms with Gasteiger partial charge in [0, 0.05) is 41.7 Å². The maximum Gasteiger partial charge on any atom is 0.255 e. The Bertz CT molecular complexity index is 937. The summed E-state index contributed by atoms with van der Waals surface area (Å²) in [4.78, 5) is 19.3. The minimum atomic E-state index is -0.211. The first-order chi connectivity index (χ1) is 13.7. The number of thiophene rings is 1. The van der Waals surface area contributed by atoms with Crippen molar-refractivity contribution in [3.05, 3.63) is 82.3 Å². The Morgan fingerprint density at radius 2 is 1.71 bits per heavy atom. The van der Waals surface area contributed by atoms with Gasteiger partial charge in [-0.15, -0.1) is 23.1 Å². The lowest BCUT2D eigenvalue weighted by atomic mass is 10.1. The van der Waals surface area contributed by atoms with Crippen LogP contribution in [-0.2, 0) is 5.75 Å². The number of halogens is 1. The number of hydrogen-bond acceptors (Lipinski definition) is 4. The summed E-state index contributed by atoms with van der Waals surface area (Å²) < 4.78 is 14.0. The third-order valence-electron chi connectivity index (χ3n) is 4.83. The van der Waals surface area contributed by atoms with E-state index < -0.39 is 0 Å². The largest absolute Gasteiger partial charge is 0.366 e. The molecule has 2 heterocycles. The van der Waals surface area contributed by atoms with Gasteiger partial charge in [-0.25, -0.2) is 4.39 Å². The van der Waals surface area contributed by atoms with Crippen molar-refractivity contribution in [3.63, 3.8) is 0 Å². The molecule has 1 saturated heterocycles. The molecule has 0 bridgehead atoms. The summed E-state index contributed by atoms with van der Waals surface area (Å²) in [6.07, 6.45) is 0. The van der Waals surface area contributed by atoms with Gasteiger partial charge in [-0.2, -0.15) is 0 Å². The van der Waals surface area contributed by atoms with Crippen LogP contribution < -0.4 is 4.90 Å². The number of nitrogens with zero attached hydrogens (tertiary/aromatic N) is 2. The molecule has 0 unspecified atom stereocenters. The minimum absolute atomic E-state index is 0.0578. The van der Waals surface area contributed by atoms with Crippen molar-refractivity contribution in [1.82, 2.24) is 4.90 Å². The molecular formula is C22H21FN2OS2. The normalized spacial score (nSPS) is 14.3. The Morgan fingerprint density at radius 3 is 2.46 bits per heavy atom. The fourth-order valence-electron chi connectivity index (χ4n) is 3.34. The number of para-hydroxylation sites is 1. The van der Waals surface area contributed by atoms with E-state index in [9.17, 15) is 9.18 Å². The highest BCUT2D eigenvalue weighted by atomic mass is 32.2. The molecule has 0 atom stereocenters. The molecule has 0 N–H and O–H groups in total. The van der Waals surface area contributed by atoms with E-state index in [2.05, 4.69) is 11.4 Å². The van der Waals surface area contributed by atoms with Gasteiger partial charge in [0.25, 0.3) is 5.91 Å². The zero-order chi connectivity index (χ0) is 19.3. The number of rotatable bonds is 5. The predicted octanol–water partition coefficient (Wildman–Crippen LogP) is 5.14. The van der Waals surface area contributed by atoms with E-state index in [1.165, 1.54) is 10.9 Å². The fourth-order valence-corrected chi connectivity index (χ4v) is 5.16. The number of amides is 1. The van der Waals surface area contributed by atoms with Crippen molar-refractivity contribution in [1.29, 1.82) is 0 Å². The average molecular weight is 413 g/mol. The lowest BCUT2D eigenvalue weighted by Crippen LogP contribution is -2.49. The smallest absolute Gasteiger partial charge is 0.255 e. The highest BCUT2D eigenvalue weighted by Crippen LogP contribution is 2.29. The first-order valence-electron chi connectivity index (χ1n) is 9.25. The van der Waals surface area contributed by atoms with Crippen LogP contribution in [0.5, 0.6) is 0 Å². The minimum Gasteiger partial charge on any atom is -0.366 e. The van der Waals surface area contributed by atoms with E-state index in [1.54, 1.807) is 35.2 Å². The highest BCUT2D eigenvalue weighted by molar-refractivity contribution is 7.98. The molecule has 3 nitrogen and oxygen atoms in total. The number of anilines is 1. The Kier molecular flexibility index (Phi) is 5.98. The zero-order valence-corrected chi connectivity index (χ0v) is 17.0. The number of hydrogen-bond donors (Lipinski definition) is 0. The van der Waals surface area contributed by atoms with Crippen LogP contribution in [0, 0.1) is 5.82 Å². The quantitative estimate of drug-likeness (QED) is 0.542. The van der Waals surface area contributed by atoms with E-state index >= 15 is 0 Å². The summed E-state index contributed by atoms with van der Waals surface area (Å²) in [6.45, 7) is 2.46. The van der Waals surface area contributed by atoms with E-state index in [4.69, 9.17) is 0 Å². The van der Waals surface area contributed by atoms with Crippen LogP contribution in [-0.4, -0.2) is 37.0 Å². The molecule has 144 valence electrons. The molecule has 0 aliphatic carbocycles. The number of benzene rings is 2. The van der Waals surface area contributed by atoms with Crippen molar-refractivity contribution in [3.8, 4) is 0 Å². The summed E-state index contributed by atoms with van der Waals surface area (Å²) in [5.41, 5.74) is 1.37. The molecule has 28 heavy (non-hydrogen) atoms. The lowest BCUT2D eigenvalue weighted by molar-refractivity contribution is 0.0743. The molecule has 0 saturated carbocycles. The van der Waals surface area contributed by atoms with Crippen LogP contribution in [0.15, 0.2) is 70.9 Å². The summed E-state index contributed by atoms with van der Waals surface area (Å²) in [5.74, 6) is 0.711. The van der Waals surface area contributed by atoms with Gasteiger partial charge in [0.1, 0.15) is 5.82 Å². The number of thioether (sulfide) groups is 1. The molecule has 1 amide bonds. The molecule has 1 aliphatic rings. The maximum atomic E-state index is 14.0. The van der Waals surface area contributed by atoms with Crippen molar-refractivity contribution < 1.29 is 9.18 Å². The van der Waals surface area contributed by atoms with Gasteiger partial charge in [0.05, 0.1) is 11.3 Å². The van der Waals surface area contributed by atoms with E-state index in [1.807, 2.05) is 46.2 Å². The van der Waals surface area contributed by atoms with Crippen LogP contribution in [0.1, 0.15) is 15.2 Å². The zero-order valence-electron chi connectivity index (χ0n) is 15.4. The second-order valence-corrected chi connectivity index (χ2v) is 8.64. The van der Waals surface area contributed by atoms with Gasteiger partial charge in [0.2, 0.25) is 0 Å². The van der Waals surface area contributed by atoms with Crippen molar-refractivity contribution in [2.24, 2.45) is 0 Å². The van der Waals surface area contributed by atoms with Crippen molar-refractivity contribution in [2.75, 3.05) is 31.1 Å². The van der Waals surface area contributed by atoms with Gasteiger partial charge in [-0.3, -0.25) is 4.79 Å². The summed E-state index contributed by atoms with van der Waals surface area (Å²) in [6, 6.07) is 18.8. The van der Waals surface area contributed by atoms with Crippen molar-refractivity contribution in [2.45, 2.75) is 10.6 Å². The van der Waals surface area contributed by atoms with E-state index in [0.29, 0.717) is 31.9 Å². The van der Waals surface area contributed by atoms with Crippen molar-refractivity contribution >= 4 is 34.7 Å². The molecule has 1 aromatic heterocycles. The van der Waals surface area contributed by atoms with Gasteiger partial charge in [-0.1, -0.05) is 30.3 Å². The number of piperazine rings is 1. The molecular weight excluding hydrogens is 391 g/mol. The van der Waals surface area contributed by atoms with Gasteiger partial charge >= 0.3 is 0 Å². The average Bonchev–Trinajstić information content (AvgIpc) is 3.26. The fraction of sp³-hybridized carbons (Fsp3) is 0.227. The van der Waals surface area contributed by atoms with Crippen LogP contribution in [0.4, 0.5) is 10.1 Å². The SMILES string of the molecule is O=C(c1ccccc1SCc1cccs1)N1CCN(c2ccccc2F)CC1. The Labute approximate surface area is 172 Å². The first-order valence-corrected chi connectivity index (χ1v) is 11.1. The second-order valence-electron chi connectivity index (χ2n) is 6.59. The van der Waals surface area contributed by atoms with Gasteiger partial charge < -0.3 is 9.80 Å². The number of carbonyl (C=O) groups is 1. The molecule has 0 radical (unpaired) electrons. The van der Waals surface area contributed by atoms with E-state index in [-0.39, 0.29) is 11.7 Å². The molecule has 1 fully saturated rings. The molecule has 0 spiro atoms. The predicted molar refractivity (Wildman–Crippen MR) is 115 cm³/mol. The van der Waals surface area contributed by atoms with Crippen LogP contribution in [0.25, 0.3) is 0 Å². The third-order valence-corrected chi connectivity index (χ3v) is 7.01. The standard InChI is InChI=1S/C22H21FN2OS2/c23-19-8-2-3-9-20(19)24-11-13-25(14-12-24)22(26)18-7-1-4-10-21(18)28-16-17-6-5-15-27-17/h1-10,15H,11-14,16H2. The molecule has 6 heteroatoms. The topological polar surface area (TPSA) is 23.6 Å². The summed E-state index contributed by atoms with van der Waals surface area (Å²) in [7, 11) is 0. The summed E-state index contributed by atoms with van der Waals surface area (Å²) in [5, 5.41) is 2.07. The maximum absolute atomic E-state index is 14.0.